The topological polar surface area (TPSA) is 95.1 Å². The number of aromatic nitrogens is 2. The van der Waals surface area contributed by atoms with E-state index in [9.17, 15) is 14.7 Å². The molecule has 0 radical (unpaired) electrons. The summed E-state index contributed by atoms with van der Waals surface area (Å²) in [5.74, 6) is -1.61. The van der Waals surface area contributed by atoms with E-state index in [-0.39, 0.29) is 11.9 Å². The maximum atomic E-state index is 12.1. The van der Waals surface area contributed by atoms with E-state index < -0.39 is 11.9 Å². The molecule has 1 amide bonds. The maximum absolute atomic E-state index is 12.1. The van der Waals surface area contributed by atoms with Crippen LogP contribution < -0.4 is 5.32 Å². The molecule has 20 heavy (non-hydrogen) atoms. The molecule has 0 unspecified atom stereocenters. The van der Waals surface area contributed by atoms with Gasteiger partial charge in [0.1, 0.15) is 5.69 Å². The lowest BCUT2D eigenvalue weighted by molar-refractivity contribution is -0.142. The lowest BCUT2D eigenvalue weighted by atomic mass is 9.95. The third kappa shape index (κ3) is 3.37. The van der Waals surface area contributed by atoms with Gasteiger partial charge in [-0.15, -0.1) is 0 Å². The first-order valence-corrected chi connectivity index (χ1v) is 7.19. The Kier molecular flexibility index (Phi) is 4.76. The predicted octanol–water partition coefficient (Wildman–Crippen LogP) is 1.74. The summed E-state index contributed by atoms with van der Waals surface area (Å²) in [4.78, 5) is 23.4. The van der Waals surface area contributed by atoms with Gasteiger partial charge < -0.3 is 10.4 Å². The molecule has 0 aliphatic heterocycles. The van der Waals surface area contributed by atoms with Gasteiger partial charge in [-0.1, -0.05) is 26.2 Å². The van der Waals surface area contributed by atoms with E-state index in [1.54, 1.807) is 6.07 Å². The highest BCUT2D eigenvalue weighted by Gasteiger charge is 2.31. The molecule has 0 spiro atoms. The van der Waals surface area contributed by atoms with Crippen molar-refractivity contribution in [2.24, 2.45) is 5.92 Å². The van der Waals surface area contributed by atoms with Crippen molar-refractivity contribution in [3.63, 3.8) is 0 Å². The van der Waals surface area contributed by atoms with Gasteiger partial charge in [-0.2, -0.15) is 5.10 Å². The Morgan fingerprint density at radius 3 is 2.80 bits per heavy atom. The van der Waals surface area contributed by atoms with Crippen molar-refractivity contribution in [3.8, 4) is 0 Å². The van der Waals surface area contributed by atoms with Crippen molar-refractivity contribution in [2.45, 2.75) is 51.5 Å². The Hall–Kier alpha value is -1.85. The molecule has 1 aliphatic carbocycles. The fourth-order valence-electron chi connectivity index (χ4n) is 2.68. The van der Waals surface area contributed by atoms with Gasteiger partial charge in [0.15, 0.2) is 0 Å². The van der Waals surface area contributed by atoms with E-state index >= 15 is 0 Å². The van der Waals surface area contributed by atoms with Crippen LogP contribution in [0.5, 0.6) is 0 Å². The van der Waals surface area contributed by atoms with Crippen LogP contribution in [0.2, 0.25) is 0 Å². The average molecular weight is 279 g/mol. The number of amides is 1. The third-order valence-electron chi connectivity index (χ3n) is 3.89. The number of aryl methyl sites for hydroxylation is 1. The van der Waals surface area contributed by atoms with Crippen molar-refractivity contribution in [2.75, 3.05) is 0 Å². The van der Waals surface area contributed by atoms with Gasteiger partial charge in [0.25, 0.3) is 5.91 Å². The lowest BCUT2D eigenvalue weighted by Gasteiger charge is -2.22. The number of carboxylic acids is 1. The van der Waals surface area contributed by atoms with E-state index in [1.165, 1.54) is 0 Å². The van der Waals surface area contributed by atoms with E-state index in [4.69, 9.17) is 0 Å². The molecule has 0 bridgehead atoms. The van der Waals surface area contributed by atoms with E-state index in [2.05, 4.69) is 15.5 Å². The zero-order chi connectivity index (χ0) is 14.5. The smallest absolute Gasteiger partial charge is 0.308 e. The van der Waals surface area contributed by atoms with Crippen LogP contribution in [-0.2, 0) is 11.2 Å². The van der Waals surface area contributed by atoms with Crippen LogP contribution in [0.4, 0.5) is 0 Å². The summed E-state index contributed by atoms with van der Waals surface area (Å²) in [6.45, 7) is 1.97. The largest absolute Gasteiger partial charge is 0.481 e. The zero-order valence-electron chi connectivity index (χ0n) is 11.7. The summed E-state index contributed by atoms with van der Waals surface area (Å²) in [5, 5.41) is 18.9. The fraction of sp³-hybridized carbons (Fsp3) is 0.643. The third-order valence-corrected chi connectivity index (χ3v) is 3.89. The molecule has 110 valence electrons. The predicted molar refractivity (Wildman–Crippen MR) is 73.4 cm³/mol. The van der Waals surface area contributed by atoms with Crippen molar-refractivity contribution in [3.05, 3.63) is 17.5 Å². The van der Waals surface area contributed by atoms with Gasteiger partial charge in [0.2, 0.25) is 0 Å². The molecule has 1 heterocycles. The second kappa shape index (κ2) is 6.54. The number of aliphatic carboxylic acids is 1. The van der Waals surface area contributed by atoms with Crippen molar-refractivity contribution in [1.82, 2.24) is 15.5 Å². The molecule has 0 saturated heterocycles. The molecule has 1 saturated carbocycles. The Morgan fingerprint density at radius 1 is 1.40 bits per heavy atom. The number of carbonyl (C=O) groups is 2. The minimum atomic E-state index is -0.825. The molecule has 0 aromatic carbocycles. The van der Waals surface area contributed by atoms with Crippen molar-refractivity contribution < 1.29 is 14.7 Å². The first-order chi connectivity index (χ1) is 9.61. The Balaban J connectivity index is 2.05. The van der Waals surface area contributed by atoms with Crippen molar-refractivity contribution in [1.29, 1.82) is 0 Å². The molecule has 2 atom stereocenters. The fourth-order valence-corrected chi connectivity index (χ4v) is 2.68. The number of nitrogens with zero attached hydrogens (tertiary/aromatic N) is 1. The Labute approximate surface area is 118 Å². The van der Waals surface area contributed by atoms with Gasteiger partial charge in [-0.3, -0.25) is 14.7 Å². The summed E-state index contributed by atoms with van der Waals surface area (Å²) in [6.07, 6.45) is 5.01. The highest BCUT2D eigenvalue weighted by Crippen LogP contribution is 2.24. The summed E-state index contributed by atoms with van der Waals surface area (Å²) < 4.78 is 0. The number of nitrogens with one attached hydrogen (secondary N) is 2. The molecule has 1 fully saturated rings. The maximum Gasteiger partial charge on any atom is 0.308 e. The number of carboxylic acid groups (broad SMARTS) is 1. The minimum Gasteiger partial charge on any atom is -0.481 e. The molecule has 6 heteroatoms. The van der Waals surface area contributed by atoms with E-state index in [0.717, 1.165) is 31.4 Å². The van der Waals surface area contributed by atoms with Gasteiger partial charge in [0, 0.05) is 11.7 Å². The monoisotopic (exact) mass is 279 g/mol. The summed E-state index contributed by atoms with van der Waals surface area (Å²) in [6, 6.07) is 1.41. The molecule has 2 rings (SSSR count). The average Bonchev–Trinajstić information content (AvgIpc) is 2.79. The summed E-state index contributed by atoms with van der Waals surface area (Å²) >= 11 is 0. The van der Waals surface area contributed by atoms with Gasteiger partial charge in [-0.05, 0) is 25.3 Å². The highest BCUT2D eigenvalue weighted by molar-refractivity contribution is 5.92. The summed E-state index contributed by atoms with van der Waals surface area (Å²) in [7, 11) is 0. The highest BCUT2D eigenvalue weighted by atomic mass is 16.4. The van der Waals surface area contributed by atoms with Crippen LogP contribution in [0.25, 0.3) is 0 Å². The minimum absolute atomic E-state index is 0.293. The number of aromatic amines is 1. The molecular weight excluding hydrogens is 258 g/mol. The quantitative estimate of drug-likeness (QED) is 0.731. The molecular formula is C14H21N3O3. The first-order valence-electron chi connectivity index (χ1n) is 7.19. The van der Waals surface area contributed by atoms with Crippen LogP contribution >= 0.6 is 0 Å². The van der Waals surface area contributed by atoms with Crippen molar-refractivity contribution >= 4 is 11.9 Å². The summed E-state index contributed by atoms with van der Waals surface area (Å²) in [5.41, 5.74) is 1.22. The molecule has 1 aromatic rings. The van der Waals surface area contributed by atoms with Crippen LogP contribution in [-0.4, -0.2) is 33.2 Å². The number of H-pyrrole nitrogens is 1. The van der Waals surface area contributed by atoms with E-state index in [0.29, 0.717) is 18.5 Å². The lowest BCUT2D eigenvalue weighted by Crippen LogP contribution is -2.43. The second-order valence-corrected chi connectivity index (χ2v) is 5.29. The number of carbonyl (C=O) groups excluding carboxylic acids is 1. The van der Waals surface area contributed by atoms with Crippen LogP contribution in [0, 0.1) is 5.92 Å². The number of hydrogen-bond donors (Lipinski definition) is 3. The number of hydrogen-bond acceptors (Lipinski definition) is 3. The molecule has 6 nitrogen and oxygen atoms in total. The standard InChI is InChI=1S/C14H21N3O3/c1-2-9-8-12(17-16-9)13(18)15-11-7-5-3-4-6-10(11)14(19)20/h8,10-11H,2-7H2,1H3,(H,15,18)(H,16,17)(H,19,20)/t10-,11+/m1/s1. The second-order valence-electron chi connectivity index (χ2n) is 5.29. The Bertz CT molecular complexity index is 484. The van der Waals surface area contributed by atoms with Crippen LogP contribution in [0.3, 0.4) is 0 Å². The van der Waals surface area contributed by atoms with Gasteiger partial charge in [-0.25, -0.2) is 0 Å². The molecule has 1 aliphatic rings. The van der Waals surface area contributed by atoms with Gasteiger partial charge in [0.05, 0.1) is 5.92 Å². The number of rotatable bonds is 4. The van der Waals surface area contributed by atoms with E-state index in [1.807, 2.05) is 6.92 Å². The normalized spacial score (nSPS) is 23.1. The SMILES string of the molecule is CCc1cc(C(=O)N[C@H]2CCCCC[C@H]2C(=O)O)n[nH]1. The van der Waals surface area contributed by atoms with Crippen LogP contribution in [0.1, 0.15) is 55.2 Å². The van der Waals surface area contributed by atoms with Crippen LogP contribution in [0.15, 0.2) is 6.07 Å². The molecule has 1 aromatic heterocycles. The Morgan fingerprint density at radius 2 is 2.15 bits per heavy atom. The van der Waals surface area contributed by atoms with Gasteiger partial charge >= 0.3 is 5.97 Å². The zero-order valence-corrected chi connectivity index (χ0v) is 11.7. The first kappa shape index (κ1) is 14.6. The molecule has 3 N–H and O–H groups in total.